The monoisotopic (exact) mass is 309 g/mol. The van der Waals surface area contributed by atoms with Gasteiger partial charge in [-0.05, 0) is 52.2 Å². The van der Waals surface area contributed by atoms with E-state index in [0.29, 0.717) is 6.04 Å². The van der Waals surface area contributed by atoms with Gasteiger partial charge >= 0.3 is 0 Å². The van der Waals surface area contributed by atoms with Crippen LogP contribution in [0.5, 0.6) is 0 Å². The van der Waals surface area contributed by atoms with Crippen LogP contribution in [0.2, 0.25) is 0 Å². The number of hydrogen-bond donors (Lipinski definition) is 1. The molecule has 2 aliphatic rings. The third kappa shape index (κ3) is 4.53. The first kappa shape index (κ1) is 17.4. The van der Waals surface area contributed by atoms with Crippen LogP contribution in [0, 0.1) is 5.92 Å². The number of amides is 1. The Morgan fingerprint density at radius 1 is 1.09 bits per heavy atom. The lowest BCUT2D eigenvalue weighted by atomic mass is 9.98. The molecule has 1 atom stereocenters. The molecular weight excluding hydrogens is 278 g/mol. The van der Waals surface area contributed by atoms with Crippen molar-refractivity contribution in [3.05, 3.63) is 0 Å². The van der Waals surface area contributed by atoms with E-state index in [1.54, 1.807) is 13.8 Å². The van der Waals surface area contributed by atoms with Gasteiger partial charge in [-0.1, -0.05) is 13.8 Å². The third-order valence-electron chi connectivity index (χ3n) is 4.98. The molecule has 22 heavy (non-hydrogen) atoms. The van der Waals surface area contributed by atoms with Crippen LogP contribution in [0.25, 0.3) is 0 Å². The molecule has 0 radical (unpaired) electrons. The lowest BCUT2D eigenvalue weighted by Gasteiger charge is -2.37. The predicted molar refractivity (Wildman–Crippen MR) is 87.7 cm³/mol. The highest BCUT2D eigenvalue weighted by Gasteiger charge is 2.32. The molecule has 1 unspecified atom stereocenters. The zero-order valence-electron chi connectivity index (χ0n) is 14.3. The summed E-state index contributed by atoms with van der Waals surface area (Å²) in [4.78, 5) is 28.6. The van der Waals surface area contributed by atoms with Crippen molar-refractivity contribution in [2.45, 2.75) is 58.0 Å². The number of ketones is 1. The lowest BCUT2D eigenvalue weighted by Crippen LogP contribution is -2.53. The van der Waals surface area contributed by atoms with Gasteiger partial charge in [0.2, 0.25) is 5.78 Å². The van der Waals surface area contributed by atoms with Crippen LogP contribution in [0.1, 0.15) is 46.0 Å². The van der Waals surface area contributed by atoms with E-state index in [9.17, 15) is 9.59 Å². The van der Waals surface area contributed by atoms with Gasteiger partial charge in [-0.3, -0.25) is 9.59 Å². The first-order valence-corrected chi connectivity index (χ1v) is 8.75. The number of nitrogens with zero attached hydrogens (tertiary/aromatic N) is 2. The zero-order chi connectivity index (χ0) is 16.1. The number of hydrogen-bond acceptors (Lipinski definition) is 4. The molecule has 126 valence electrons. The third-order valence-corrected chi connectivity index (χ3v) is 4.98. The van der Waals surface area contributed by atoms with Gasteiger partial charge in [0.25, 0.3) is 5.91 Å². The quantitative estimate of drug-likeness (QED) is 0.777. The van der Waals surface area contributed by atoms with Gasteiger partial charge in [-0.2, -0.15) is 0 Å². The van der Waals surface area contributed by atoms with Crippen molar-refractivity contribution >= 4 is 11.7 Å². The summed E-state index contributed by atoms with van der Waals surface area (Å²) < 4.78 is 0. The normalized spacial score (nSPS) is 24.7. The molecule has 2 rings (SSSR count). The Kier molecular flexibility index (Phi) is 6.38. The highest BCUT2D eigenvalue weighted by molar-refractivity contribution is 6.36. The summed E-state index contributed by atoms with van der Waals surface area (Å²) in [6.07, 6.45) is 5.52. The van der Waals surface area contributed by atoms with Crippen molar-refractivity contribution < 1.29 is 9.59 Å². The van der Waals surface area contributed by atoms with E-state index in [0.717, 1.165) is 45.4 Å². The number of nitrogens with one attached hydrogen (secondary N) is 1. The number of likely N-dealkylation sites (tertiary alicyclic amines) is 2. The number of rotatable bonds is 5. The number of carbonyl (C=O) groups excluding carboxylic acids is 2. The van der Waals surface area contributed by atoms with Gasteiger partial charge in [-0.25, -0.2) is 0 Å². The second-order valence-electron chi connectivity index (χ2n) is 7.15. The minimum atomic E-state index is -0.273. The molecule has 2 fully saturated rings. The molecule has 0 spiro atoms. The van der Waals surface area contributed by atoms with E-state index < -0.39 is 0 Å². The highest BCUT2D eigenvalue weighted by atomic mass is 16.2. The minimum Gasteiger partial charge on any atom is -0.332 e. The SMILES string of the molecule is CC(C)C(=O)C(=O)N1CCCCC1CNC1CCN(C)CC1. The maximum absolute atomic E-state index is 12.4. The average molecular weight is 309 g/mol. The lowest BCUT2D eigenvalue weighted by molar-refractivity contribution is -0.148. The van der Waals surface area contributed by atoms with E-state index in [1.165, 1.54) is 12.8 Å². The van der Waals surface area contributed by atoms with Crippen LogP contribution in [0.15, 0.2) is 0 Å². The molecule has 0 aromatic rings. The van der Waals surface area contributed by atoms with Gasteiger partial charge in [0.1, 0.15) is 0 Å². The zero-order valence-corrected chi connectivity index (χ0v) is 14.3. The van der Waals surface area contributed by atoms with E-state index in [2.05, 4.69) is 17.3 Å². The van der Waals surface area contributed by atoms with Crippen molar-refractivity contribution in [2.24, 2.45) is 5.92 Å². The Balaban J connectivity index is 1.87. The molecule has 2 aliphatic heterocycles. The Labute approximate surface area is 134 Å². The number of piperidine rings is 2. The van der Waals surface area contributed by atoms with Gasteiger partial charge in [0.05, 0.1) is 0 Å². The smallest absolute Gasteiger partial charge is 0.290 e. The molecule has 5 nitrogen and oxygen atoms in total. The van der Waals surface area contributed by atoms with Gasteiger partial charge in [-0.15, -0.1) is 0 Å². The van der Waals surface area contributed by atoms with Gasteiger partial charge < -0.3 is 15.1 Å². The maximum Gasteiger partial charge on any atom is 0.290 e. The predicted octanol–water partition coefficient (Wildman–Crippen LogP) is 1.28. The summed E-state index contributed by atoms with van der Waals surface area (Å²) in [7, 11) is 2.16. The van der Waals surface area contributed by atoms with E-state index in [-0.39, 0.29) is 23.7 Å². The summed E-state index contributed by atoms with van der Waals surface area (Å²) in [6, 6.07) is 0.736. The molecule has 2 saturated heterocycles. The molecule has 2 heterocycles. The van der Waals surface area contributed by atoms with Gasteiger partial charge in [0, 0.05) is 31.1 Å². The van der Waals surface area contributed by atoms with Crippen LogP contribution in [-0.2, 0) is 9.59 Å². The minimum absolute atomic E-state index is 0.184. The van der Waals surface area contributed by atoms with Crippen molar-refractivity contribution in [3.63, 3.8) is 0 Å². The van der Waals surface area contributed by atoms with Gasteiger partial charge in [0.15, 0.2) is 0 Å². The van der Waals surface area contributed by atoms with Crippen LogP contribution >= 0.6 is 0 Å². The fraction of sp³-hybridized carbons (Fsp3) is 0.882. The Morgan fingerprint density at radius 3 is 2.41 bits per heavy atom. The number of carbonyl (C=O) groups is 2. The van der Waals surface area contributed by atoms with Crippen molar-refractivity contribution in [2.75, 3.05) is 33.2 Å². The topological polar surface area (TPSA) is 52.7 Å². The summed E-state index contributed by atoms with van der Waals surface area (Å²) in [5.41, 5.74) is 0. The molecule has 1 N–H and O–H groups in total. The number of Topliss-reactive ketones (excluding diaryl/α,β-unsaturated/α-hetero) is 1. The van der Waals surface area contributed by atoms with E-state index >= 15 is 0 Å². The van der Waals surface area contributed by atoms with E-state index in [1.807, 2.05) is 4.90 Å². The first-order chi connectivity index (χ1) is 10.5. The fourth-order valence-corrected chi connectivity index (χ4v) is 3.38. The molecule has 5 heteroatoms. The van der Waals surface area contributed by atoms with Crippen molar-refractivity contribution in [1.29, 1.82) is 0 Å². The summed E-state index contributed by atoms with van der Waals surface area (Å²) in [5.74, 6) is -0.729. The second kappa shape index (κ2) is 8.06. The Morgan fingerprint density at radius 2 is 1.77 bits per heavy atom. The molecule has 0 aliphatic carbocycles. The average Bonchev–Trinajstić information content (AvgIpc) is 2.53. The Hall–Kier alpha value is -0.940. The summed E-state index contributed by atoms with van der Waals surface area (Å²) in [5, 5.41) is 3.63. The maximum atomic E-state index is 12.4. The largest absolute Gasteiger partial charge is 0.332 e. The van der Waals surface area contributed by atoms with Crippen molar-refractivity contribution in [3.8, 4) is 0 Å². The van der Waals surface area contributed by atoms with Crippen LogP contribution in [-0.4, -0.2) is 66.8 Å². The standard InChI is InChI=1S/C17H31N3O2/c1-13(2)16(21)17(22)20-9-5-4-6-15(20)12-18-14-7-10-19(3)11-8-14/h13-15,18H,4-12H2,1-3H3. The molecule has 0 bridgehead atoms. The van der Waals surface area contributed by atoms with Crippen molar-refractivity contribution in [1.82, 2.24) is 15.1 Å². The van der Waals surface area contributed by atoms with Crippen LogP contribution in [0.3, 0.4) is 0 Å². The van der Waals surface area contributed by atoms with E-state index in [4.69, 9.17) is 0 Å². The molecule has 0 aromatic carbocycles. The Bertz CT molecular complexity index is 389. The van der Waals surface area contributed by atoms with Crippen LogP contribution in [0.4, 0.5) is 0 Å². The molecule has 0 aromatic heterocycles. The second-order valence-corrected chi connectivity index (χ2v) is 7.15. The summed E-state index contributed by atoms with van der Waals surface area (Å²) >= 11 is 0. The molecule has 1 amide bonds. The first-order valence-electron chi connectivity index (χ1n) is 8.75. The molecular formula is C17H31N3O2. The highest BCUT2D eigenvalue weighted by Crippen LogP contribution is 2.19. The summed E-state index contributed by atoms with van der Waals surface area (Å²) in [6.45, 7) is 7.43. The fourth-order valence-electron chi connectivity index (χ4n) is 3.38. The van der Waals surface area contributed by atoms with Crippen LogP contribution < -0.4 is 5.32 Å². The molecule has 0 saturated carbocycles.